The first-order valence-electron chi connectivity index (χ1n) is 6.18. The molecule has 5 heteroatoms. The van der Waals surface area contributed by atoms with Crippen LogP contribution in [0, 0.1) is 13.8 Å². The number of nitrogens with zero attached hydrogens (tertiary/aromatic N) is 2. The van der Waals surface area contributed by atoms with E-state index < -0.39 is 0 Å². The minimum Gasteiger partial charge on any atom is -0.369 e. The van der Waals surface area contributed by atoms with E-state index in [2.05, 4.69) is 24.9 Å². The molecule has 2 N–H and O–H groups in total. The average molecular weight is 306 g/mol. The Hall–Kier alpha value is -1.71. The zero-order valence-corrected chi connectivity index (χ0v) is 12.6. The molecule has 0 fully saturated rings. The van der Waals surface area contributed by atoms with Crippen molar-refractivity contribution in [3.8, 4) is 5.69 Å². The van der Waals surface area contributed by atoms with Crippen LogP contribution in [0.25, 0.3) is 16.7 Å². The highest BCUT2D eigenvalue weighted by molar-refractivity contribution is 6.42. The Kier molecular flexibility index (Phi) is 3.11. The van der Waals surface area contributed by atoms with E-state index in [0.717, 1.165) is 22.3 Å². The fourth-order valence-electron chi connectivity index (χ4n) is 2.32. The normalized spacial score (nSPS) is 11.2. The lowest BCUT2D eigenvalue weighted by molar-refractivity contribution is 1.08. The second-order valence-electron chi connectivity index (χ2n) is 4.78. The SMILES string of the molecule is Cc1cccc(-n2c(N)nc3cc(Cl)c(Cl)cc32)c1C. The summed E-state index contributed by atoms with van der Waals surface area (Å²) in [6.07, 6.45) is 0. The molecule has 0 unspecified atom stereocenters. The maximum absolute atomic E-state index is 6.11. The van der Waals surface area contributed by atoms with Gasteiger partial charge in [-0.2, -0.15) is 0 Å². The molecule has 1 aromatic heterocycles. The van der Waals surface area contributed by atoms with Gasteiger partial charge >= 0.3 is 0 Å². The van der Waals surface area contributed by atoms with E-state index in [9.17, 15) is 0 Å². The van der Waals surface area contributed by atoms with Gasteiger partial charge in [-0.1, -0.05) is 35.3 Å². The van der Waals surface area contributed by atoms with Gasteiger partial charge in [0, 0.05) is 0 Å². The number of halogens is 2. The molecule has 20 heavy (non-hydrogen) atoms. The van der Waals surface area contributed by atoms with Crippen molar-refractivity contribution in [2.75, 3.05) is 5.73 Å². The van der Waals surface area contributed by atoms with E-state index in [1.807, 2.05) is 16.7 Å². The smallest absolute Gasteiger partial charge is 0.205 e. The van der Waals surface area contributed by atoms with E-state index in [0.29, 0.717) is 16.0 Å². The molecule has 0 aliphatic rings. The number of aryl methyl sites for hydroxylation is 1. The van der Waals surface area contributed by atoms with Gasteiger partial charge < -0.3 is 5.73 Å². The fraction of sp³-hybridized carbons (Fsp3) is 0.133. The van der Waals surface area contributed by atoms with Crippen molar-refractivity contribution in [2.45, 2.75) is 13.8 Å². The van der Waals surface area contributed by atoms with Crippen molar-refractivity contribution >= 4 is 40.2 Å². The van der Waals surface area contributed by atoms with Crippen LogP contribution < -0.4 is 5.73 Å². The van der Waals surface area contributed by atoms with Crippen LogP contribution in [-0.4, -0.2) is 9.55 Å². The van der Waals surface area contributed by atoms with E-state index in [1.165, 1.54) is 5.56 Å². The van der Waals surface area contributed by atoms with Gasteiger partial charge in [-0.3, -0.25) is 4.57 Å². The number of aromatic nitrogens is 2. The quantitative estimate of drug-likeness (QED) is 0.717. The summed E-state index contributed by atoms with van der Waals surface area (Å²) < 4.78 is 1.90. The maximum Gasteiger partial charge on any atom is 0.205 e. The standard InChI is InChI=1S/C15H13Cl2N3/c1-8-4-3-5-13(9(8)2)20-14-7-11(17)10(16)6-12(14)19-15(20)18/h3-7H,1-2H3,(H2,18,19). The molecule has 3 aromatic rings. The molecule has 0 aliphatic carbocycles. The minimum absolute atomic E-state index is 0.423. The molecule has 0 spiro atoms. The number of rotatable bonds is 1. The average Bonchev–Trinajstić information content (AvgIpc) is 2.69. The Morgan fingerprint density at radius 3 is 2.55 bits per heavy atom. The number of benzene rings is 2. The van der Waals surface area contributed by atoms with Gasteiger partial charge in [-0.15, -0.1) is 0 Å². The topological polar surface area (TPSA) is 43.8 Å². The van der Waals surface area contributed by atoms with E-state index in [-0.39, 0.29) is 0 Å². The molecule has 0 aliphatic heterocycles. The van der Waals surface area contributed by atoms with E-state index >= 15 is 0 Å². The van der Waals surface area contributed by atoms with Gasteiger partial charge in [0.15, 0.2) is 0 Å². The van der Waals surface area contributed by atoms with Gasteiger partial charge in [-0.05, 0) is 43.2 Å². The molecule has 3 rings (SSSR count). The monoisotopic (exact) mass is 305 g/mol. The van der Waals surface area contributed by atoms with Crippen molar-refractivity contribution < 1.29 is 0 Å². The zero-order valence-electron chi connectivity index (χ0n) is 11.1. The zero-order chi connectivity index (χ0) is 14.4. The molecule has 0 radical (unpaired) electrons. The van der Waals surface area contributed by atoms with Crippen LogP contribution in [0.1, 0.15) is 11.1 Å². The highest BCUT2D eigenvalue weighted by atomic mass is 35.5. The molecular formula is C15H13Cl2N3. The Bertz CT molecular complexity index is 822. The Balaban J connectivity index is 2.39. The van der Waals surface area contributed by atoms with Crippen LogP contribution in [0.5, 0.6) is 0 Å². The number of nitrogens with two attached hydrogens (primary N) is 1. The molecule has 3 nitrogen and oxygen atoms in total. The summed E-state index contributed by atoms with van der Waals surface area (Å²) >= 11 is 12.1. The van der Waals surface area contributed by atoms with E-state index in [4.69, 9.17) is 28.9 Å². The molecule has 2 aromatic carbocycles. The first-order valence-corrected chi connectivity index (χ1v) is 6.94. The van der Waals surface area contributed by atoms with Crippen LogP contribution in [-0.2, 0) is 0 Å². The maximum atomic E-state index is 6.11. The first kappa shape index (κ1) is 13.3. The lowest BCUT2D eigenvalue weighted by Gasteiger charge is -2.12. The third-order valence-corrected chi connectivity index (χ3v) is 4.26. The van der Waals surface area contributed by atoms with Crippen molar-refractivity contribution in [2.24, 2.45) is 0 Å². The Morgan fingerprint density at radius 1 is 1.10 bits per heavy atom. The fourth-order valence-corrected chi connectivity index (χ4v) is 2.64. The van der Waals surface area contributed by atoms with Crippen LogP contribution in [0.15, 0.2) is 30.3 Å². The summed E-state index contributed by atoms with van der Waals surface area (Å²) in [5.41, 5.74) is 11.0. The lowest BCUT2D eigenvalue weighted by atomic mass is 10.1. The predicted molar refractivity (Wildman–Crippen MR) is 85.0 cm³/mol. The third-order valence-electron chi connectivity index (χ3n) is 3.54. The minimum atomic E-state index is 0.423. The summed E-state index contributed by atoms with van der Waals surface area (Å²) in [6, 6.07) is 9.61. The number of hydrogen-bond acceptors (Lipinski definition) is 2. The molecule has 0 bridgehead atoms. The molecule has 1 heterocycles. The largest absolute Gasteiger partial charge is 0.369 e. The van der Waals surface area contributed by atoms with Gasteiger partial charge in [0.05, 0.1) is 26.8 Å². The van der Waals surface area contributed by atoms with Gasteiger partial charge in [0.1, 0.15) is 0 Å². The Morgan fingerprint density at radius 2 is 1.80 bits per heavy atom. The Labute approximate surface area is 126 Å². The second kappa shape index (κ2) is 4.69. The molecule has 102 valence electrons. The van der Waals surface area contributed by atoms with Crippen molar-refractivity contribution in [1.29, 1.82) is 0 Å². The number of imidazole rings is 1. The van der Waals surface area contributed by atoms with Crippen LogP contribution in [0.3, 0.4) is 0 Å². The van der Waals surface area contributed by atoms with Gasteiger partial charge in [-0.25, -0.2) is 4.98 Å². The number of nitrogen functional groups attached to an aromatic ring is 1. The highest BCUT2D eigenvalue weighted by Gasteiger charge is 2.14. The van der Waals surface area contributed by atoms with Crippen molar-refractivity contribution in [3.63, 3.8) is 0 Å². The summed E-state index contributed by atoms with van der Waals surface area (Å²) in [5.74, 6) is 0.423. The van der Waals surface area contributed by atoms with Crippen molar-refractivity contribution in [3.05, 3.63) is 51.5 Å². The van der Waals surface area contributed by atoms with Crippen molar-refractivity contribution in [1.82, 2.24) is 9.55 Å². The molecule has 0 saturated heterocycles. The third kappa shape index (κ3) is 1.94. The second-order valence-corrected chi connectivity index (χ2v) is 5.59. The molecule has 0 saturated carbocycles. The number of anilines is 1. The molecular weight excluding hydrogens is 293 g/mol. The summed E-state index contributed by atoms with van der Waals surface area (Å²) in [5, 5.41) is 0.968. The van der Waals surface area contributed by atoms with Crippen LogP contribution >= 0.6 is 23.2 Å². The first-order chi connectivity index (χ1) is 9.49. The molecule has 0 amide bonds. The summed E-state index contributed by atoms with van der Waals surface area (Å²) in [7, 11) is 0. The number of fused-ring (bicyclic) bond motifs is 1. The lowest BCUT2D eigenvalue weighted by Crippen LogP contribution is -2.03. The molecule has 0 atom stereocenters. The summed E-state index contributed by atoms with van der Waals surface area (Å²) in [6.45, 7) is 4.13. The van der Waals surface area contributed by atoms with Crippen LogP contribution in [0.4, 0.5) is 5.95 Å². The number of hydrogen-bond donors (Lipinski definition) is 1. The van der Waals surface area contributed by atoms with Crippen LogP contribution in [0.2, 0.25) is 10.0 Å². The van der Waals surface area contributed by atoms with Gasteiger partial charge in [0.2, 0.25) is 5.95 Å². The summed E-state index contributed by atoms with van der Waals surface area (Å²) in [4.78, 5) is 4.36. The highest BCUT2D eigenvalue weighted by Crippen LogP contribution is 2.32. The van der Waals surface area contributed by atoms with Gasteiger partial charge in [0.25, 0.3) is 0 Å². The predicted octanol–water partition coefficient (Wildman–Crippen LogP) is 4.53. The van der Waals surface area contributed by atoms with E-state index in [1.54, 1.807) is 12.1 Å².